The lowest BCUT2D eigenvalue weighted by atomic mass is 10.1. The van der Waals surface area contributed by atoms with Crippen molar-refractivity contribution >= 4 is 22.1 Å². The van der Waals surface area contributed by atoms with Gasteiger partial charge in [-0.2, -0.15) is 0 Å². The molecule has 0 aliphatic rings. The maximum Gasteiger partial charge on any atom is 0.0715 e. The van der Waals surface area contributed by atoms with Gasteiger partial charge in [-0.25, -0.2) is 0 Å². The second-order valence-corrected chi connectivity index (χ2v) is 5.29. The molecule has 1 unspecified atom stereocenters. The summed E-state index contributed by atoms with van der Waals surface area (Å²) < 4.78 is 0. The summed E-state index contributed by atoms with van der Waals surface area (Å²) in [5.41, 5.74) is 7.63. The van der Waals surface area contributed by atoms with Crippen LogP contribution in [0.5, 0.6) is 0 Å². The number of aliphatic hydroxyl groups is 1. The van der Waals surface area contributed by atoms with Gasteiger partial charge in [-0.05, 0) is 30.5 Å². The second kappa shape index (κ2) is 5.89. The summed E-state index contributed by atoms with van der Waals surface area (Å²) in [6.07, 6.45) is 3.97. The van der Waals surface area contributed by atoms with Gasteiger partial charge in [-0.1, -0.05) is 13.8 Å². The summed E-state index contributed by atoms with van der Waals surface area (Å²) in [6.45, 7) is 4.75. The first-order valence-corrected chi connectivity index (χ1v) is 6.62. The third-order valence-corrected chi connectivity index (χ3v) is 3.12. The molecule has 0 fully saturated rings. The Morgan fingerprint density at radius 3 is 2.79 bits per heavy atom. The van der Waals surface area contributed by atoms with Crippen LogP contribution in [0.3, 0.4) is 0 Å². The Kier molecular flexibility index (Phi) is 4.22. The molecule has 0 aliphatic heterocycles. The molecule has 0 amide bonds. The van der Waals surface area contributed by atoms with Crippen LogP contribution < -0.4 is 11.1 Å². The van der Waals surface area contributed by atoms with E-state index in [1.807, 2.05) is 18.2 Å². The maximum absolute atomic E-state index is 9.91. The molecule has 0 saturated heterocycles. The predicted octanol–water partition coefficient (Wildman–Crippen LogP) is 2.64. The first-order chi connectivity index (χ1) is 9.08. The standard InChI is InChI=1S/C15H21N3O/c1-10(2)7-11(19)8-18-15-4-3-14(16)13-9-17-6-5-12(13)15/h3-6,9-11,18-19H,7-8,16H2,1-2H3. The SMILES string of the molecule is CC(C)CC(O)CNc1ccc(N)c2cnccc12. The van der Waals surface area contributed by atoms with Crippen LogP contribution in [0.1, 0.15) is 20.3 Å². The average molecular weight is 259 g/mol. The fourth-order valence-corrected chi connectivity index (χ4v) is 2.22. The quantitative estimate of drug-likeness (QED) is 0.722. The van der Waals surface area contributed by atoms with Gasteiger partial charge in [-0.3, -0.25) is 4.98 Å². The Hall–Kier alpha value is -1.81. The van der Waals surface area contributed by atoms with Crippen molar-refractivity contribution < 1.29 is 5.11 Å². The van der Waals surface area contributed by atoms with Crippen molar-refractivity contribution in [2.45, 2.75) is 26.4 Å². The molecule has 4 N–H and O–H groups in total. The molecular weight excluding hydrogens is 238 g/mol. The maximum atomic E-state index is 9.91. The van der Waals surface area contributed by atoms with Crippen molar-refractivity contribution in [3.63, 3.8) is 0 Å². The monoisotopic (exact) mass is 259 g/mol. The Morgan fingerprint density at radius 1 is 1.26 bits per heavy atom. The number of aliphatic hydroxyl groups excluding tert-OH is 1. The smallest absolute Gasteiger partial charge is 0.0715 e. The van der Waals surface area contributed by atoms with E-state index in [1.54, 1.807) is 12.4 Å². The molecule has 1 aromatic heterocycles. The Balaban J connectivity index is 2.15. The topological polar surface area (TPSA) is 71.2 Å². The zero-order chi connectivity index (χ0) is 13.8. The lowest BCUT2D eigenvalue weighted by Crippen LogP contribution is -2.21. The normalized spacial score (nSPS) is 12.8. The minimum atomic E-state index is -0.338. The summed E-state index contributed by atoms with van der Waals surface area (Å²) in [5.74, 6) is 0.490. The van der Waals surface area contributed by atoms with Crippen LogP contribution in [0.4, 0.5) is 11.4 Å². The molecule has 0 radical (unpaired) electrons. The van der Waals surface area contributed by atoms with E-state index in [-0.39, 0.29) is 6.10 Å². The molecule has 4 heteroatoms. The number of nitrogens with zero attached hydrogens (tertiary/aromatic N) is 1. The van der Waals surface area contributed by atoms with Gasteiger partial charge in [0.05, 0.1) is 6.10 Å². The molecule has 4 nitrogen and oxygen atoms in total. The van der Waals surface area contributed by atoms with Crippen LogP contribution in [-0.2, 0) is 0 Å². The third-order valence-electron chi connectivity index (χ3n) is 3.12. The zero-order valence-corrected chi connectivity index (χ0v) is 11.4. The summed E-state index contributed by atoms with van der Waals surface area (Å²) in [4.78, 5) is 4.09. The molecule has 0 spiro atoms. The number of nitrogens with one attached hydrogen (secondary N) is 1. The number of fused-ring (bicyclic) bond motifs is 1. The number of hydrogen-bond acceptors (Lipinski definition) is 4. The Labute approximate surface area is 113 Å². The van der Waals surface area contributed by atoms with Gasteiger partial charge < -0.3 is 16.2 Å². The van der Waals surface area contributed by atoms with E-state index in [2.05, 4.69) is 24.1 Å². The van der Waals surface area contributed by atoms with Crippen LogP contribution in [0.25, 0.3) is 10.8 Å². The lowest BCUT2D eigenvalue weighted by molar-refractivity contribution is 0.161. The van der Waals surface area contributed by atoms with E-state index in [4.69, 9.17) is 5.73 Å². The van der Waals surface area contributed by atoms with Crippen LogP contribution in [0.15, 0.2) is 30.6 Å². The number of benzene rings is 1. The van der Waals surface area contributed by atoms with E-state index in [1.165, 1.54) is 0 Å². The molecule has 1 heterocycles. The first kappa shape index (κ1) is 13.6. The Bertz CT molecular complexity index is 554. The summed E-state index contributed by atoms with van der Waals surface area (Å²) in [5, 5.41) is 15.2. The van der Waals surface area contributed by atoms with Gasteiger partial charge >= 0.3 is 0 Å². The third kappa shape index (κ3) is 3.35. The van der Waals surface area contributed by atoms with Gasteiger partial charge in [0.1, 0.15) is 0 Å². The minimum absolute atomic E-state index is 0.338. The molecule has 19 heavy (non-hydrogen) atoms. The number of aromatic nitrogens is 1. The first-order valence-electron chi connectivity index (χ1n) is 6.62. The number of nitrogens with two attached hydrogens (primary N) is 1. The van der Waals surface area contributed by atoms with Crippen molar-refractivity contribution in [1.82, 2.24) is 4.98 Å². The molecule has 2 aromatic rings. The van der Waals surface area contributed by atoms with Gasteiger partial charge in [0.15, 0.2) is 0 Å². The van der Waals surface area contributed by atoms with Crippen LogP contribution in [0, 0.1) is 5.92 Å². The van der Waals surface area contributed by atoms with Crippen molar-refractivity contribution in [2.24, 2.45) is 5.92 Å². The zero-order valence-electron chi connectivity index (χ0n) is 11.4. The van der Waals surface area contributed by atoms with Gasteiger partial charge in [0.2, 0.25) is 0 Å². The number of anilines is 2. The molecule has 1 aromatic carbocycles. The number of hydrogen-bond donors (Lipinski definition) is 3. The van der Waals surface area contributed by atoms with Crippen molar-refractivity contribution in [3.8, 4) is 0 Å². The summed E-state index contributed by atoms with van der Waals surface area (Å²) in [6, 6.07) is 5.74. The number of nitrogen functional groups attached to an aromatic ring is 1. The highest BCUT2D eigenvalue weighted by atomic mass is 16.3. The van der Waals surface area contributed by atoms with Gasteiger partial charge in [0.25, 0.3) is 0 Å². The minimum Gasteiger partial charge on any atom is -0.398 e. The molecule has 2 rings (SSSR count). The van der Waals surface area contributed by atoms with E-state index in [0.717, 1.165) is 28.6 Å². The van der Waals surface area contributed by atoms with E-state index < -0.39 is 0 Å². The van der Waals surface area contributed by atoms with Crippen LogP contribution in [0.2, 0.25) is 0 Å². The molecule has 1 atom stereocenters. The molecule has 0 aliphatic carbocycles. The lowest BCUT2D eigenvalue weighted by Gasteiger charge is -2.16. The summed E-state index contributed by atoms with van der Waals surface area (Å²) >= 11 is 0. The van der Waals surface area contributed by atoms with Crippen molar-refractivity contribution in [3.05, 3.63) is 30.6 Å². The van der Waals surface area contributed by atoms with Crippen molar-refractivity contribution in [1.29, 1.82) is 0 Å². The van der Waals surface area contributed by atoms with Gasteiger partial charge in [0, 0.05) is 41.1 Å². The number of rotatable bonds is 5. The predicted molar refractivity (Wildman–Crippen MR) is 80.1 cm³/mol. The molecule has 0 saturated carbocycles. The number of pyridine rings is 1. The highest BCUT2D eigenvalue weighted by Gasteiger charge is 2.08. The second-order valence-electron chi connectivity index (χ2n) is 5.29. The summed E-state index contributed by atoms with van der Waals surface area (Å²) in [7, 11) is 0. The van der Waals surface area contributed by atoms with E-state index in [9.17, 15) is 5.11 Å². The fraction of sp³-hybridized carbons (Fsp3) is 0.400. The molecule has 0 bridgehead atoms. The Morgan fingerprint density at radius 2 is 2.05 bits per heavy atom. The highest BCUT2D eigenvalue weighted by molar-refractivity contribution is 6.00. The van der Waals surface area contributed by atoms with E-state index >= 15 is 0 Å². The molecular formula is C15H21N3O. The van der Waals surface area contributed by atoms with Crippen LogP contribution >= 0.6 is 0 Å². The fourth-order valence-electron chi connectivity index (χ4n) is 2.22. The molecule has 102 valence electrons. The van der Waals surface area contributed by atoms with Gasteiger partial charge in [-0.15, -0.1) is 0 Å². The van der Waals surface area contributed by atoms with E-state index in [0.29, 0.717) is 12.5 Å². The highest BCUT2D eigenvalue weighted by Crippen LogP contribution is 2.27. The van der Waals surface area contributed by atoms with Crippen molar-refractivity contribution in [2.75, 3.05) is 17.6 Å². The average Bonchev–Trinajstić information content (AvgIpc) is 2.37. The van der Waals surface area contributed by atoms with Crippen LogP contribution in [-0.4, -0.2) is 22.7 Å². The largest absolute Gasteiger partial charge is 0.398 e.